The van der Waals surface area contributed by atoms with Gasteiger partial charge in [0.25, 0.3) is 0 Å². The molecule has 0 aliphatic carbocycles. The number of hydrogen-bond acceptors (Lipinski definition) is 5. The molecule has 0 bridgehead atoms. The predicted octanol–water partition coefficient (Wildman–Crippen LogP) is 2.50. The van der Waals surface area contributed by atoms with E-state index in [0.717, 1.165) is 54.5 Å². The lowest BCUT2D eigenvalue weighted by atomic mass is 10.1. The quantitative estimate of drug-likeness (QED) is 0.585. The number of piperidine rings is 1. The van der Waals surface area contributed by atoms with Crippen LogP contribution in [0.25, 0.3) is 0 Å². The van der Waals surface area contributed by atoms with Crippen LogP contribution in [0.15, 0.2) is 22.4 Å². The highest BCUT2D eigenvalue weighted by atomic mass is 32.2. The van der Waals surface area contributed by atoms with Crippen molar-refractivity contribution in [3.8, 4) is 0 Å². The zero-order chi connectivity index (χ0) is 16.4. The van der Waals surface area contributed by atoms with Gasteiger partial charge in [-0.3, -0.25) is 4.79 Å². The molecule has 23 heavy (non-hydrogen) atoms. The van der Waals surface area contributed by atoms with Crippen molar-refractivity contribution in [2.24, 2.45) is 0 Å². The van der Waals surface area contributed by atoms with E-state index in [1.807, 2.05) is 18.7 Å². The largest absolute Gasteiger partial charge is 0.460 e. The number of fused-ring (bicyclic) bond motifs is 1. The van der Waals surface area contributed by atoms with Crippen molar-refractivity contribution < 1.29 is 14.3 Å². The number of rotatable bonds is 3. The van der Waals surface area contributed by atoms with Gasteiger partial charge in [0.15, 0.2) is 0 Å². The summed E-state index contributed by atoms with van der Waals surface area (Å²) in [7, 11) is 0. The van der Waals surface area contributed by atoms with Crippen molar-refractivity contribution in [2.45, 2.75) is 45.6 Å². The number of hydrogen-bond donors (Lipinski definition) is 0. The molecule has 0 unspecified atom stereocenters. The van der Waals surface area contributed by atoms with E-state index < -0.39 is 0 Å². The van der Waals surface area contributed by atoms with Crippen LogP contribution in [-0.2, 0) is 14.3 Å². The van der Waals surface area contributed by atoms with Crippen LogP contribution in [0.2, 0.25) is 0 Å². The van der Waals surface area contributed by atoms with Crippen LogP contribution in [0.3, 0.4) is 0 Å². The van der Waals surface area contributed by atoms with Crippen molar-refractivity contribution in [3.05, 3.63) is 22.4 Å². The second-order valence-corrected chi connectivity index (χ2v) is 7.41. The summed E-state index contributed by atoms with van der Waals surface area (Å²) in [6, 6.07) is 0. The molecule has 3 aliphatic heterocycles. The van der Waals surface area contributed by atoms with E-state index in [4.69, 9.17) is 4.74 Å². The van der Waals surface area contributed by atoms with Crippen molar-refractivity contribution >= 4 is 23.6 Å². The monoisotopic (exact) mass is 336 g/mol. The normalized spacial score (nSPS) is 23.0. The molecule has 1 amide bonds. The van der Waals surface area contributed by atoms with Crippen molar-refractivity contribution in [3.63, 3.8) is 0 Å². The van der Waals surface area contributed by atoms with Crippen molar-refractivity contribution in [1.29, 1.82) is 0 Å². The SMILES string of the molecule is CC(C)OC(=O)C1=C2SCC(=CC(=O)N3CCCCC3)N2CC1. The Morgan fingerprint density at radius 3 is 2.61 bits per heavy atom. The number of nitrogens with zero attached hydrogens (tertiary/aromatic N) is 2. The number of amides is 1. The summed E-state index contributed by atoms with van der Waals surface area (Å²) in [6.07, 6.45) is 5.78. The number of likely N-dealkylation sites (tertiary alicyclic amines) is 1. The maximum Gasteiger partial charge on any atom is 0.336 e. The fourth-order valence-corrected chi connectivity index (χ4v) is 4.44. The lowest BCUT2D eigenvalue weighted by Crippen LogP contribution is -2.35. The molecule has 0 N–H and O–H groups in total. The minimum absolute atomic E-state index is 0.105. The molecule has 2 saturated heterocycles. The number of carbonyl (C=O) groups excluding carboxylic acids is 2. The summed E-state index contributed by atoms with van der Waals surface area (Å²) in [4.78, 5) is 28.6. The van der Waals surface area contributed by atoms with Gasteiger partial charge < -0.3 is 14.5 Å². The Hall–Kier alpha value is -1.43. The van der Waals surface area contributed by atoms with Crippen molar-refractivity contribution in [2.75, 3.05) is 25.4 Å². The summed E-state index contributed by atoms with van der Waals surface area (Å²) >= 11 is 1.64. The molecule has 5 nitrogen and oxygen atoms in total. The Morgan fingerprint density at radius 2 is 1.91 bits per heavy atom. The lowest BCUT2D eigenvalue weighted by Gasteiger charge is -2.26. The van der Waals surface area contributed by atoms with Gasteiger partial charge in [-0.15, -0.1) is 11.8 Å². The van der Waals surface area contributed by atoms with E-state index in [1.54, 1.807) is 17.8 Å². The molecule has 3 rings (SSSR count). The number of ether oxygens (including phenoxy) is 1. The number of thioether (sulfide) groups is 1. The zero-order valence-electron chi connectivity index (χ0n) is 13.8. The van der Waals surface area contributed by atoms with E-state index in [1.165, 1.54) is 6.42 Å². The Balaban J connectivity index is 1.71. The van der Waals surface area contributed by atoms with Crippen LogP contribution in [-0.4, -0.2) is 53.2 Å². The predicted molar refractivity (Wildman–Crippen MR) is 90.5 cm³/mol. The minimum Gasteiger partial charge on any atom is -0.460 e. The first-order valence-corrected chi connectivity index (χ1v) is 9.39. The zero-order valence-corrected chi connectivity index (χ0v) is 14.7. The Morgan fingerprint density at radius 1 is 1.17 bits per heavy atom. The lowest BCUT2D eigenvalue weighted by molar-refractivity contribution is -0.142. The van der Waals surface area contributed by atoms with Crippen LogP contribution >= 0.6 is 11.8 Å². The first kappa shape index (κ1) is 16.4. The molecule has 0 atom stereocenters. The molecular formula is C17H24N2O3S. The highest BCUT2D eigenvalue weighted by Gasteiger charge is 2.35. The van der Waals surface area contributed by atoms with Gasteiger partial charge in [0, 0.05) is 43.6 Å². The Kier molecular flexibility index (Phi) is 4.99. The van der Waals surface area contributed by atoms with Crippen LogP contribution in [0.1, 0.15) is 39.5 Å². The number of esters is 1. The topological polar surface area (TPSA) is 49.9 Å². The summed E-state index contributed by atoms with van der Waals surface area (Å²) in [5.41, 5.74) is 1.78. The molecule has 3 heterocycles. The van der Waals surface area contributed by atoms with E-state index in [-0.39, 0.29) is 18.0 Å². The average Bonchev–Trinajstić information content (AvgIpc) is 3.10. The standard InChI is InChI=1S/C17H24N2O3S/c1-12(2)22-17(21)14-6-9-19-13(11-23-16(14)19)10-15(20)18-7-4-3-5-8-18/h10,12H,3-9,11H2,1-2H3. The van der Waals surface area contributed by atoms with Gasteiger partial charge >= 0.3 is 5.97 Å². The van der Waals surface area contributed by atoms with Crippen molar-refractivity contribution in [1.82, 2.24) is 9.80 Å². The Labute approximate surface area is 141 Å². The molecular weight excluding hydrogens is 312 g/mol. The van der Waals surface area contributed by atoms with Crippen LogP contribution in [0.5, 0.6) is 0 Å². The number of carbonyl (C=O) groups is 2. The molecule has 0 saturated carbocycles. The molecule has 0 aromatic heterocycles. The van der Waals surface area contributed by atoms with Gasteiger partial charge in [-0.1, -0.05) is 0 Å². The highest BCUT2D eigenvalue weighted by molar-refractivity contribution is 8.03. The van der Waals surface area contributed by atoms with E-state index in [2.05, 4.69) is 4.90 Å². The molecule has 126 valence electrons. The molecule has 0 aromatic rings. The van der Waals surface area contributed by atoms with Gasteiger partial charge in [-0.25, -0.2) is 4.79 Å². The van der Waals surface area contributed by atoms with Gasteiger partial charge in [0.2, 0.25) is 5.91 Å². The smallest absolute Gasteiger partial charge is 0.336 e. The fraction of sp³-hybridized carbons (Fsp3) is 0.647. The molecule has 6 heteroatoms. The van der Waals surface area contributed by atoms with Crippen LogP contribution < -0.4 is 0 Å². The third-order valence-electron chi connectivity index (χ3n) is 4.34. The second kappa shape index (κ2) is 6.99. The summed E-state index contributed by atoms with van der Waals surface area (Å²) < 4.78 is 5.32. The third-order valence-corrected chi connectivity index (χ3v) is 5.52. The Bertz CT molecular complexity index is 562. The van der Waals surface area contributed by atoms with E-state index in [9.17, 15) is 9.59 Å². The maximum absolute atomic E-state index is 12.4. The molecule has 3 aliphatic rings. The van der Waals surface area contributed by atoms with E-state index >= 15 is 0 Å². The first-order valence-electron chi connectivity index (χ1n) is 8.40. The minimum atomic E-state index is -0.214. The molecule has 0 aromatic carbocycles. The molecule has 0 radical (unpaired) electrons. The van der Waals surface area contributed by atoms with Gasteiger partial charge in [0.05, 0.1) is 16.7 Å². The van der Waals surface area contributed by atoms with Gasteiger partial charge in [-0.2, -0.15) is 0 Å². The average molecular weight is 336 g/mol. The summed E-state index contributed by atoms with van der Waals surface area (Å²) in [5, 5.41) is 0.980. The fourth-order valence-electron chi connectivity index (χ4n) is 3.20. The van der Waals surface area contributed by atoms with Gasteiger partial charge in [0.1, 0.15) is 0 Å². The van der Waals surface area contributed by atoms with Crippen LogP contribution in [0, 0.1) is 0 Å². The highest BCUT2D eigenvalue weighted by Crippen LogP contribution is 2.42. The summed E-state index contributed by atoms with van der Waals surface area (Å²) in [5.74, 6) is 0.654. The summed E-state index contributed by atoms with van der Waals surface area (Å²) in [6.45, 7) is 6.22. The van der Waals surface area contributed by atoms with Gasteiger partial charge in [-0.05, 0) is 33.1 Å². The second-order valence-electron chi connectivity index (χ2n) is 6.45. The first-order chi connectivity index (χ1) is 11.1. The maximum atomic E-state index is 12.4. The third kappa shape index (κ3) is 3.57. The van der Waals surface area contributed by atoms with E-state index in [0.29, 0.717) is 6.42 Å². The molecule has 2 fully saturated rings. The van der Waals surface area contributed by atoms with Crippen LogP contribution in [0.4, 0.5) is 0 Å². The molecule has 0 spiro atoms.